The van der Waals surface area contributed by atoms with Crippen LogP contribution in [-0.2, 0) is 13.2 Å². The zero-order chi connectivity index (χ0) is 15.4. The van der Waals surface area contributed by atoms with E-state index in [0.29, 0.717) is 17.4 Å². The lowest BCUT2D eigenvalue weighted by Gasteiger charge is -2.03. The zero-order valence-electron chi connectivity index (χ0n) is 11.7. The second-order valence-corrected chi connectivity index (χ2v) is 6.01. The van der Waals surface area contributed by atoms with Gasteiger partial charge < -0.3 is 4.42 Å². The van der Waals surface area contributed by atoms with Crippen LogP contribution in [0, 0.1) is 4.84 Å². The quantitative estimate of drug-likeness (QED) is 0.671. The van der Waals surface area contributed by atoms with Crippen LogP contribution >= 0.6 is 28.1 Å². The average molecular weight is 376 g/mol. The Morgan fingerprint density at radius 3 is 2.55 bits per heavy atom. The Morgan fingerprint density at radius 1 is 1.09 bits per heavy atom. The van der Waals surface area contributed by atoms with Gasteiger partial charge in [0.2, 0.25) is 5.89 Å². The molecule has 4 nitrogen and oxygen atoms in total. The van der Waals surface area contributed by atoms with Crippen molar-refractivity contribution in [1.82, 2.24) is 15.1 Å². The van der Waals surface area contributed by atoms with Gasteiger partial charge in [-0.05, 0) is 42.0 Å². The van der Waals surface area contributed by atoms with Crippen molar-refractivity contribution in [2.45, 2.75) is 13.2 Å². The maximum Gasteiger partial charge on any atom is 0.288 e. The summed E-state index contributed by atoms with van der Waals surface area (Å²) < 4.78 is 8.22. The van der Waals surface area contributed by atoms with Crippen LogP contribution in [-0.4, -0.2) is 9.78 Å². The van der Waals surface area contributed by atoms with E-state index in [4.69, 9.17) is 16.6 Å². The molecule has 0 fully saturated rings. The molecule has 1 N–H and O–H groups in total. The molecule has 2 aromatic carbocycles. The van der Waals surface area contributed by atoms with Gasteiger partial charge in [-0.3, -0.25) is 5.32 Å². The molecule has 0 unspecified atom stereocenters. The van der Waals surface area contributed by atoms with E-state index >= 15 is 0 Å². The number of halogens is 1. The maximum atomic E-state index is 5.55. The summed E-state index contributed by atoms with van der Waals surface area (Å²) >= 11 is 8.62. The standard InChI is InChI=1S/C16H14BrN3OS/c17-14-8-6-13(7-9-14)15-19-20(16(22)21-15)11-18-10-12-4-2-1-3-5-12/h1-9,18H,10-11H2. The van der Waals surface area contributed by atoms with Crippen molar-refractivity contribution >= 4 is 28.1 Å². The minimum absolute atomic E-state index is 0.360. The summed E-state index contributed by atoms with van der Waals surface area (Å²) in [7, 11) is 0. The Labute approximate surface area is 141 Å². The molecule has 0 saturated heterocycles. The highest BCUT2D eigenvalue weighted by Gasteiger charge is 2.07. The number of hydrogen-bond donors (Lipinski definition) is 1. The first-order chi connectivity index (χ1) is 10.7. The maximum absolute atomic E-state index is 5.55. The first-order valence-corrected chi connectivity index (χ1v) is 8.01. The van der Waals surface area contributed by atoms with Crippen molar-refractivity contribution in [1.29, 1.82) is 0 Å². The van der Waals surface area contributed by atoms with Crippen LogP contribution in [0.1, 0.15) is 5.56 Å². The Hall–Kier alpha value is -1.76. The lowest BCUT2D eigenvalue weighted by Crippen LogP contribution is -2.18. The Kier molecular flexibility index (Phi) is 4.82. The lowest BCUT2D eigenvalue weighted by atomic mass is 10.2. The normalized spacial score (nSPS) is 10.8. The molecule has 0 aliphatic rings. The van der Waals surface area contributed by atoms with Gasteiger partial charge in [-0.2, -0.15) is 0 Å². The molecule has 0 aliphatic heterocycles. The molecule has 0 radical (unpaired) electrons. The van der Waals surface area contributed by atoms with E-state index in [-0.39, 0.29) is 0 Å². The molecule has 112 valence electrons. The number of nitrogens with zero attached hydrogens (tertiary/aromatic N) is 2. The Morgan fingerprint density at radius 2 is 1.82 bits per heavy atom. The summed E-state index contributed by atoms with van der Waals surface area (Å²) in [6.07, 6.45) is 0. The summed E-state index contributed by atoms with van der Waals surface area (Å²) in [5.74, 6) is 0.527. The van der Waals surface area contributed by atoms with Crippen LogP contribution in [0.25, 0.3) is 11.5 Å². The predicted octanol–water partition coefficient (Wildman–Crippen LogP) is 4.38. The van der Waals surface area contributed by atoms with Crippen LogP contribution in [0.2, 0.25) is 0 Å². The molecule has 0 spiro atoms. The molecule has 0 bridgehead atoms. The van der Waals surface area contributed by atoms with E-state index in [1.165, 1.54) is 5.56 Å². The smallest absolute Gasteiger partial charge is 0.288 e. The minimum Gasteiger partial charge on any atom is -0.409 e. The highest BCUT2D eigenvalue weighted by molar-refractivity contribution is 9.10. The molecule has 0 aliphatic carbocycles. The topological polar surface area (TPSA) is 43.0 Å². The zero-order valence-corrected chi connectivity index (χ0v) is 14.1. The molecule has 0 amide bonds. The second kappa shape index (κ2) is 7.00. The molecule has 6 heteroatoms. The largest absolute Gasteiger partial charge is 0.409 e. The van der Waals surface area contributed by atoms with Gasteiger partial charge in [0.1, 0.15) is 0 Å². The number of aromatic nitrogens is 2. The van der Waals surface area contributed by atoms with Crippen molar-refractivity contribution in [2.24, 2.45) is 0 Å². The van der Waals surface area contributed by atoms with Crippen LogP contribution in [0.3, 0.4) is 0 Å². The van der Waals surface area contributed by atoms with Crippen molar-refractivity contribution in [2.75, 3.05) is 0 Å². The molecular weight excluding hydrogens is 362 g/mol. The highest BCUT2D eigenvalue weighted by atomic mass is 79.9. The van der Waals surface area contributed by atoms with Gasteiger partial charge in [0.05, 0.1) is 6.67 Å². The van der Waals surface area contributed by atoms with Gasteiger partial charge in [0, 0.05) is 16.6 Å². The molecule has 0 saturated carbocycles. The fraction of sp³-hybridized carbons (Fsp3) is 0.125. The first kappa shape index (κ1) is 15.1. The molecule has 1 heterocycles. The third-order valence-corrected chi connectivity index (χ3v) is 3.95. The van der Waals surface area contributed by atoms with Crippen LogP contribution in [0.15, 0.2) is 63.5 Å². The molecule has 1 aromatic heterocycles. The van der Waals surface area contributed by atoms with E-state index in [0.717, 1.165) is 16.6 Å². The van der Waals surface area contributed by atoms with Gasteiger partial charge in [0.15, 0.2) is 0 Å². The third-order valence-electron chi connectivity index (χ3n) is 3.13. The van der Waals surface area contributed by atoms with E-state index in [2.05, 4.69) is 38.5 Å². The van der Waals surface area contributed by atoms with Gasteiger partial charge in [-0.15, -0.1) is 5.10 Å². The molecule has 3 aromatic rings. The van der Waals surface area contributed by atoms with Gasteiger partial charge in [-0.25, -0.2) is 4.68 Å². The predicted molar refractivity (Wildman–Crippen MR) is 91.7 cm³/mol. The summed E-state index contributed by atoms with van der Waals surface area (Å²) in [5, 5.41) is 7.71. The number of benzene rings is 2. The van der Waals surface area contributed by atoms with Crippen LogP contribution < -0.4 is 5.32 Å². The highest BCUT2D eigenvalue weighted by Crippen LogP contribution is 2.20. The first-order valence-electron chi connectivity index (χ1n) is 6.81. The monoisotopic (exact) mass is 375 g/mol. The number of hydrogen-bond acceptors (Lipinski definition) is 4. The van der Waals surface area contributed by atoms with Crippen molar-refractivity contribution < 1.29 is 4.42 Å². The minimum atomic E-state index is 0.360. The molecular formula is C16H14BrN3OS. The van der Waals surface area contributed by atoms with E-state index in [1.807, 2.05) is 42.5 Å². The SMILES string of the molecule is S=c1oc(-c2ccc(Br)cc2)nn1CNCc1ccccc1. The Balaban J connectivity index is 1.67. The summed E-state index contributed by atoms with van der Waals surface area (Å²) in [4.78, 5) is 0.360. The number of rotatable bonds is 5. The lowest BCUT2D eigenvalue weighted by molar-refractivity contribution is 0.468. The van der Waals surface area contributed by atoms with Crippen LogP contribution in [0.5, 0.6) is 0 Å². The van der Waals surface area contributed by atoms with Crippen molar-refractivity contribution in [3.63, 3.8) is 0 Å². The van der Waals surface area contributed by atoms with Crippen LogP contribution in [0.4, 0.5) is 0 Å². The average Bonchev–Trinajstić information content (AvgIpc) is 2.90. The summed E-state index contributed by atoms with van der Waals surface area (Å²) in [5.41, 5.74) is 2.11. The molecule has 3 rings (SSSR count). The second-order valence-electron chi connectivity index (χ2n) is 4.75. The fourth-order valence-electron chi connectivity index (χ4n) is 2.02. The molecule has 0 atom stereocenters. The Bertz CT molecular complexity index is 796. The summed E-state index contributed by atoms with van der Waals surface area (Å²) in [6.45, 7) is 1.26. The third kappa shape index (κ3) is 3.71. The van der Waals surface area contributed by atoms with Crippen molar-refractivity contribution in [3.8, 4) is 11.5 Å². The van der Waals surface area contributed by atoms with Gasteiger partial charge in [-0.1, -0.05) is 46.3 Å². The number of nitrogens with one attached hydrogen (secondary N) is 1. The van der Waals surface area contributed by atoms with Gasteiger partial charge in [0.25, 0.3) is 4.84 Å². The van der Waals surface area contributed by atoms with E-state index in [1.54, 1.807) is 4.68 Å². The van der Waals surface area contributed by atoms with Gasteiger partial charge >= 0.3 is 0 Å². The summed E-state index contributed by atoms with van der Waals surface area (Å²) in [6, 6.07) is 17.9. The molecule has 22 heavy (non-hydrogen) atoms. The van der Waals surface area contributed by atoms with E-state index < -0.39 is 0 Å². The van der Waals surface area contributed by atoms with E-state index in [9.17, 15) is 0 Å². The van der Waals surface area contributed by atoms with Crippen molar-refractivity contribution in [3.05, 3.63) is 69.5 Å². The fourth-order valence-corrected chi connectivity index (χ4v) is 2.47.